The lowest BCUT2D eigenvalue weighted by molar-refractivity contribution is 0.471. The molecule has 2 aromatic rings. The fraction of sp³-hybridized carbons (Fsp3) is 0.214. The molecule has 1 unspecified atom stereocenters. The minimum atomic E-state index is 0.0931. The van der Waals surface area contributed by atoms with E-state index in [2.05, 4.69) is 20.9 Å². The van der Waals surface area contributed by atoms with Crippen LogP contribution >= 0.6 is 15.9 Å². The van der Waals surface area contributed by atoms with Gasteiger partial charge in [0.15, 0.2) is 0 Å². The molecular weight excluding hydrogens is 292 g/mol. The number of aromatic nitrogens is 1. The van der Waals surface area contributed by atoms with Crippen LogP contribution in [0.15, 0.2) is 47.2 Å². The van der Waals surface area contributed by atoms with E-state index in [1.807, 2.05) is 37.3 Å². The topological polar surface area (TPSA) is 48.1 Å². The van der Waals surface area contributed by atoms with Crippen molar-refractivity contribution in [3.63, 3.8) is 0 Å². The molecule has 0 amide bonds. The first-order chi connectivity index (χ1) is 8.65. The Labute approximate surface area is 115 Å². The van der Waals surface area contributed by atoms with Crippen LogP contribution in [0.2, 0.25) is 0 Å². The number of nitrogens with zero attached hydrogens (tertiary/aromatic N) is 1. The van der Waals surface area contributed by atoms with Crippen molar-refractivity contribution < 1.29 is 4.74 Å². The number of benzene rings is 1. The lowest BCUT2D eigenvalue weighted by Gasteiger charge is -2.13. The van der Waals surface area contributed by atoms with Crippen molar-refractivity contribution in [1.82, 2.24) is 4.98 Å². The van der Waals surface area contributed by atoms with Gasteiger partial charge in [-0.3, -0.25) is 4.98 Å². The maximum absolute atomic E-state index is 5.85. The van der Waals surface area contributed by atoms with Gasteiger partial charge < -0.3 is 10.5 Å². The van der Waals surface area contributed by atoms with Crippen molar-refractivity contribution in [2.24, 2.45) is 5.73 Å². The Morgan fingerprint density at radius 2 is 2.22 bits per heavy atom. The molecule has 4 heteroatoms. The summed E-state index contributed by atoms with van der Waals surface area (Å²) in [4.78, 5) is 4.03. The molecule has 0 aliphatic heterocycles. The summed E-state index contributed by atoms with van der Waals surface area (Å²) in [5.74, 6) is 1.55. The quantitative estimate of drug-likeness (QED) is 0.940. The predicted octanol–water partition coefficient (Wildman–Crippen LogP) is 3.53. The molecule has 0 aliphatic carbocycles. The van der Waals surface area contributed by atoms with E-state index in [-0.39, 0.29) is 6.04 Å². The highest BCUT2D eigenvalue weighted by Crippen LogP contribution is 2.28. The van der Waals surface area contributed by atoms with Gasteiger partial charge in [0, 0.05) is 16.7 Å². The fourth-order valence-corrected chi connectivity index (χ4v) is 2.10. The van der Waals surface area contributed by atoms with Gasteiger partial charge in [-0.25, -0.2) is 0 Å². The maximum atomic E-state index is 5.85. The van der Waals surface area contributed by atoms with Crippen molar-refractivity contribution in [2.45, 2.75) is 19.4 Å². The van der Waals surface area contributed by atoms with Crippen LogP contribution in [0.1, 0.15) is 12.5 Å². The van der Waals surface area contributed by atoms with E-state index in [9.17, 15) is 0 Å². The van der Waals surface area contributed by atoms with E-state index in [1.165, 1.54) is 0 Å². The van der Waals surface area contributed by atoms with Gasteiger partial charge in [-0.1, -0.05) is 15.9 Å². The molecule has 0 spiro atoms. The zero-order chi connectivity index (χ0) is 13.0. The normalized spacial score (nSPS) is 12.2. The molecule has 3 nitrogen and oxygen atoms in total. The van der Waals surface area contributed by atoms with Gasteiger partial charge in [0.05, 0.1) is 6.20 Å². The predicted molar refractivity (Wildman–Crippen MR) is 75.8 cm³/mol. The highest BCUT2D eigenvalue weighted by Gasteiger charge is 2.08. The molecule has 0 radical (unpaired) electrons. The number of hydrogen-bond acceptors (Lipinski definition) is 3. The number of pyridine rings is 1. The van der Waals surface area contributed by atoms with Gasteiger partial charge in [-0.05, 0) is 49.2 Å². The van der Waals surface area contributed by atoms with Crippen molar-refractivity contribution in [2.75, 3.05) is 0 Å². The number of ether oxygens (including phenoxy) is 1. The van der Waals surface area contributed by atoms with Crippen LogP contribution in [0, 0.1) is 0 Å². The van der Waals surface area contributed by atoms with Gasteiger partial charge in [-0.2, -0.15) is 0 Å². The van der Waals surface area contributed by atoms with E-state index in [0.717, 1.165) is 28.0 Å². The average molecular weight is 307 g/mol. The standard InChI is InChI=1S/C14H15BrN2O/c1-10(16)7-11-8-12(15)4-5-14(11)18-13-3-2-6-17-9-13/h2-6,8-10H,7,16H2,1H3. The van der Waals surface area contributed by atoms with E-state index < -0.39 is 0 Å². The summed E-state index contributed by atoms with van der Waals surface area (Å²) >= 11 is 3.46. The van der Waals surface area contributed by atoms with Crippen LogP contribution in [0.4, 0.5) is 0 Å². The number of nitrogens with two attached hydrogens (primary N) is 1. The molecule has 0 saturated heterocycles. The Morgan fingerprint density at radius 3 is 2.89 bits per heavy atom. The zero-order valence-corrected chi connectivity index (χ0v) is 11.7. The summed E-state index contributed by atoms with van der Waals surface area (Å²) in [6.07, 6.45) is 4.18. The van der Waals surface area contributed by atoms with Gasteiger partial charge >= 0.3 is 0 Å². The van der Waals surface area contributed by atoms with Crippen molar-refractivity contribution in [3.05, 3.63) is 52.8 Å². The second-order valence-electron chi connectivity index (χ2n) is 4.22. The van der Waals surface area contributed by atoms with Crippen LogP contribution in [-0.2, 0) is 6.42 Å². The van der Waals surface area contributed by atoms with E-state index >= 15 is 0 Å². The molecule has 2 N–H and O–H groups in total. The lowest BCUT2D eigenvalue weighted by atomic mass is 10.1. The van der Waals surface area contributed by atoms with Crippen LogP contribution in [0.3, 0.4) is 0 Å². The van der Waals surface area contributed by atoms with Gasteiger partial charge in [0.25, 0.3) is 0 Å². The number of rotatable bonds is 4. The summed E-state index contributed by atoms with van der Waals surface area (Å²) in [5.41, 5.74) is 6.94. The smallest absolute Gasteiger partial charge is 0.145 e. The fourth-order valence-electron chi connectivity index (χ4n) is 1.69. The molecule has 2 rings (SSSR count). The van der Waals surface area contributed by atoms with Crippen LogP contribution in [-0.4, -0.2) is 11.0 Å². The van der Waals surface area contributed by atoms with Gasteiger partial charge in [-0.15, -0.1) is 0 Å². The van der Waals surface area contributed by atoms with E-state index in [4.69, 9.17) is 10.5 Å². The number of hydrogen-bond donors (Lipinski definition) is 1. The third-order valence-electron chi connectivity index (χ3n) is 2.43. The molecule has 0 fully saturated rings. The molecule has 94 valence electrons. The lowest BCUT2D eigenvalue weighted by Crippen LogP contribution is -2.18. The van der Waals surface area contributed by atoms with Crippen LogP contribution in [0.25, 0.3) is 0 Å². The van der Waals surface area contributed by atoms with Crippen LogP contribution in [0.5, 0.6) is 11.5 Å². The Balaban J connectivity index is 2.26. The second kappa shape index (κ2) is 5.98. The molecule has 0 saturated carbocycles. The van der Waals surface area contributed by atoms with E-state index in [0.29, 0.717) is 0 Å². The van der Waals surface area contributed by atoms with E-state index in [1.54, 1.807) is 12.4 Å². The second-order valence-corrected chi connectivity index (χ2v) is 5.14. The SMILES string of the molecule is CC(N)Cc1cc(Br)ccc1Oc1cccnc1. The van der Waals surface area contributed by atoms with Gasteiger partial charge in [0.1, 0.15) is 11.5 Å². The minimum absolute atomic E-state index is 0.0931. The summed E-state index contributed by atoms with van der Waals surface area (Å²) < 4.78 is 6.85. The molecule has 0 aliphatic rings. The molecule has 18 heavy (non-hydrogen) atoms. The highest BCUT2D eigenvalue weighted by molar-refractivity contribution is 9.10. The molecule has 1 heterocycles. The van der Waals surface area contributed by atoms with Crippen molar-refractivity contribution >= 4 is 15.9 Å². The maximum Gasteiger partial charge on any atom is 0.145 e. The Kier molecular flexibility index (Phi) is 4.33. The number of halogens is 1. The first-order valence-corrected chi connectivity index (χ1v) is 6.56. The Hall–Kier alpha value is -1.39. The summed E-state index contributed by atoms with van der Waals surface area (Å²) in [6, 6.07) is 9.75. The van der Waals surface area contributed by atoms with Gasteiger partial charge in [0.2, 0.25) is 0 Å². The third-order valence-corrected chi connectivity index (χ3v) is 2.92. The molecule has 1 atom stereocenters. The summed E-state index contributed by atoms with van der Waals surface area (Å²) in [6.45, 7) is 1.98. The first kappa shape index (κ1) is 13.1. The third kappa shape index (κ3) is 3.55. The van der Waals surface area contributed by atoms with Crippen molar-refractivity contribution in [3.8, 4) is 11.5 Å². The average Bonchev–Trinajstić information content (AvgIpc) is 2.33. The largest absolute Gasteiger partial charge is 0.455 e. The first-order valence-electron chi connectivity index (χ1n) is 5.77. The van der Waals surface area contributed by atoms with Crippen molar-refractivity contribution in [1.29, 1.82) is 0 Å². The van der Waals surface area contributed by atoms with Crippen LogP contribution < -0.4 is 10.5 Å². The molecule has 1 aromatic heterocycles. The summed E-state index contributed by atoms with van der Waals surface area (Å²) in [5, 5.41) is 0. The Bertz CT molecular complexity index is 514. The molecule has 0 bridgehead atoms. The monoisotopic (exact) mass is 306 g/mol. The zero-order valence-electron chi connectivity index (χ0n) is 10.1. The Morgan fingerprint density at radius 1 is 1.39 bits per heavy atom. The highest BCUT2D eigenvalue weighted by atomic mass is 79.9. The summed E-state index contributed by atoms with van der Waals surface area (Å²) in [7, 11) is 0. The minimum Gasteiger partial charge on any atom is -0.455 e. The molecular formula is C14H15BrN2O. The molecule has 1 aromatic carbocycles.